The van der Waals surface area contributed by atoms with E-state index in [1.54, 1.807) is 6.20 Å². The molecule has 5 heteroatoms. The number of aromatic nitrogens is 4. The number of H-pyrrole nitrogens is 1. The summed E-state index contributed by atoms with van der Waals surface area (Å²) in [7, 11) is 0. The number of hydrogen-bond acceptors (Lipinski definition) is 4. The molecule has 20 heavy (non-hydrogen) atoms. The van der Waals surface area contributed by atoms with E-state index in [1.165, 1.54) is 32.1 Å². The van der Waals surface area contributed by atoms with Gasteiger partial charge >= 0.3 is 0 Å². The lowest BCUT2D eigenvalue weighted by Crippen LogP contribution is -2.06. The second-order valence-electron chi connectivity index (χ2n) is 5.21. The lowest BCUT2D eigenvalue weighted by molar-refractivity contribution is 0.695. The normalized spacial score (nSPS) is 11.1. The number of hydrogen-bond donors (Lipinski definition) is 2. The van der Waals surface area contributed by atoms with Gasteiger partial charge in [-0.1, -0.05) is 39.5 Å². The summed E-state index contributed by atoms with van der Waals surface area (Å²) in [4.78, 5) is 9.20. The fraction of sp³-hybridized carbons (Fsp3) is 0.667. The van der Waals surface area contributed by atoms with Gasteiger partial charge in [-0.3, -0.25) is 5.10 Å². The summed E-state index contributed by atoms with van der Waals surface area (Å²) in [5, 5.41) is 11.4. The van der Waals surface area contributed by atoms with Gasteiger partial charge in [0.25, 0.3) is 0 Å². The molecule has 2 rings (SSSR count). The van der Waals surface area contributed by atoms with Gasteiger partial charge in [-0.2, -0.15) is 5.10 Å². The molecule has 0 atom stereocenters. The SMILES string of the molecule is CCCCCNc1nc(CCCCC)nc2[nH]ncc12. The number of aryl methyl sites for hydroxylation is 1. The summed E-state index contributed by atoms with van der Waals surface area (Å²) >= 11 is 0. The lowest BCUT2D eigenvalue weighted by atomic mass is 10.2. The lowest BCUT2D eigenvalue weighted by Gasteiger charge is -2.08. The molecule has 0 aliphatic rings. The van der Waals surface area contributed by atoms with Crippen LogP contribution in [0.2, 0.25) is 0 Å². The molecule has 0 spiro atoms. The zero-order chi connectivity index (χ0) is 14.2. The molecule has 0 radical (unpaired) electrons. The van der Waals surface area contributed by atoms with Crippen molar-refractivity contribution >= 4 is 16.9 Å². The Morgan fingerprint density at radius 1 is 1.05 bits per heavy atom. The minimum Gasteiger partial charge on any atom is -0.369 e. The molecule has 0 bridgehead atoms. The number of nitrogens with one attached hydrogen (secondary N) is 2. The smallest absolute Gasteiger partial charge is 0.161 e. The highest BCUT2D eigenvalue weighted by molar-refractivity contribution is 5.85. The molecule has 2 aromatic heterocycles. The van der Waals surface area contributed by atoms with Crippen LogP contribution in [-0.4, -0.2) is 26.7 Å². The Kier molecular flexibility index (Phi) is 5.77. The molecule has 0 amide bonds. The van der Waals surface area contributed by atoms with Crippen LogP contribution in [0.4, 0.5) is 5.82 Å². The molecule has 0 fully saturated rings. The first-order chi connectivity index (χ1) is 9.85. The van der Waals surface area contributed by atoms with Crippen molar-refractivity contribution in [3.63, 3.8) is 0 Å². The predicted molar refractivity (Wildman–Crippen MR) is 82.9 cm³/mol. The zero-order valence-corrected chi connectivity index (χ0v) is 12.6. The Labute approximate surface area is 120 Å². The van der Waals surface area contributed by atoms with E-state index in [2.05, 4.69) is 39.3 Å². The summed E-state index contributed by atoms with van der Waals surface area (Å²) in [5.41, 5.74) is 0.837. The molecule has 110 valence electrons. The van der Waals surface area contributed by atoms with Gasteiger partial charge in [-0.25, -0.2) is 9.97 Å². The summed E-state index contributed by atoms with van der Waals surface area (Å²) in [6.07, 6.45) is 9.97. The van der Waals surface area contributed by atoms with Crippen LogP contribution in [0, 0.1) is 0 Å². The quantitative estimate of drug-likeness (QED) is 0.685. The first-order valence-electron chi connectivity index (χ1n) is 7.79. The Balaban J connectivity index is 2.07. The van der Waals surface area contributed by atoms with Crippen LogP contribution >= 0.6 is 0 Å². The highest BCUT2D eigenvalue weighted by Gasteiger charge is 2.08. The van der Waals surface area contributed by atoms with E-state index in [4.69, 9.17) is 0 Å². The molecule has 0 aliphatic heterocycles. The number of unbranched alkanes of at least 4 members (excludes halogenated alkanes) is 4. The van der Waals surface area contributed by atoms with E-state index in [9.17, 15) is 0 Å². The minimum absolute atomic E-state index is 0.837. The van der Waals surface area contributed by atoms with Crippen LogP contribution in [-0.2, 0) is 6.42 Å². The molecule has 0 aliphatic carbocycles. The average Bonchev–Trinajstić information content (AvgIpc) is 2.92. The maximum absolute atomic E-state index is 4.66. The molecular weight excluding hydrogens is 250 g/mol. The van der Waals surface area contributed by atoms with Crippen LogP contribution in [0.3, 0.4) is 0 Å². The third kappa shape index (κ3) is 3.92. The molecular formula is C15H25N5. The van der Waals surface area contributed by atoms with Gasteiger partial charge in [-0.15, -0.1) is 0 Å². The number of fused-ring (bicyclic) bond motifs is 1. The van der Waals surface area contributed by atoms with E-state index in [-0.39, 0.29) is 0 Å². The van der Waals surface area contributed by atoms with Crippen molar-refractivity contribution in [2.24, 2.45) is 0 Å². The van der Waals surface area contributed by atoms with Gasteiger partial charge in [0.2, 0.25) is 0 Å². The Bertz CT molecular complexity index is 520. The van der Waals surface area contributed by atoms with Crippen LogP contribution in [0.25, 0.3) is 11.0 Å². The molecule has 2 aromatic rings. The van der Waals surface area contributed by atoms with Crippen LogP contribution < -0.4 is 5.32 Å². The fourth-order valence-electron chi connectivity index (χ4n) is 2.24. The topological polar surface area (TPSA) is 66.5 Å². The van der Waals surface area contributed by atoms with E-state index >= 15 is 0 Å². The molecule has 0 aromatic carbocycles. The second-order valence-corrected chi connectivity index (χ2v) is 5.21. The van der Waals surface area contributed by atoms with Gasteiger partial charge in [0.1, 0.15) is 11.6 Å². The molecule has 5 nitrogen and oxygen atoms in total. The molecule has 2 heterocycles. The van der Waals surface area contributed by atoms with Crippen LogP contribution in [0.5, 0.6) is 0 Å². The van der Waals surface area contributed by atoms with E-state index in [1.807, 2.05) is 0 Å². The van der Waals surface area contributed by atoms with Crippen molar-refractivity contribution in [3.8, 4) is 0 Å². The zero-order valence-electron chi connectivity index (χ0n) is 12.6. The van der Waals surface area contributed by atoms with Crippen molar-refractivity contribution < 1.29 is 0 Å². The third-order valence-corrected chi connectivity index (χ3v) is 3.43. The van der Waals surface area contributed by atoms with Crippen molar-refractivity contribution in [1.82, 2.24) is 20.2 Å². The Morgan fingerprint density at radius 3 is 2.65 bits per heavy atom. The van der Waals surface area contributed by atoms with Crippen molar-refractivity contribution in [2.45, 2.75) is 58.8 Å². The van der Waals surface area contributed by atoms with Gasteiger partial charge in [0.15, 0.2) is 5.65 Å². The van der Waals surface area contributed by atoms with E-state index in [0.29, 0.717) is 0 Å². The fourth-order valence-corrected chi connectivity index (χ4v) is 2.24. The minimum atomic E-state index is 0.837. The van der Waals surface area contributed by atoms with Gasteiger partial charge in [0.05, 0.1) is 11.6 Å². The maximum atomic E-state index is 4.66. The summed E-state index contributed by atoms with van der Waals surface area (Å²) in [6.45, 7) is 5.38. The Hall–Kier alpha value is -1.65. The molecule has 0 saturated heterocycles. The Morgan fingerprint density at radius 2 is 1.85 bits per heavy atom. The van der Waals surface area contributed by atoms with Gasteiger partial charge < -0.3 is 5.32 Å². The van der Waals surface area contributed by atoms with Crippen molar-refractivity contribution in [3.05, 3.63) is 12.0 Å². The second kappa shape index (κ2) is 7.82. The number of anilines is 1. The predicted octanol–water partition coefficient (Wildman–Crippen LogP) is 3.69. The first-order valence-corrected chi connectivity index (χ1v) is 7.79. The van der Waals surface area contributed by atoms with Crippen LogP contribution in [0.15, 0.2) is 6.20 Å². The van der Waals surface area contributed by atoms with E-state index < -0.39 is 0 Å². The monoisotopic (exact) mass is 275 g/mol. The number of aromatic amines is 1. The van der Waals surface area contributed by atoms with Crippen LogP contribution in [0.1, 0.15) is 58.2 Å². The van der Waals surface area contributed by atoms with Gasteiger partial charge in [0, 0.05) is 13.0 Å². The number of rotatable bonds is 9. The average molecular weight is 275 g/mol. The first kappa shape index (κ1) is 14.8. The summed E-state index contributed by atoms with van der Waals surface area (Å²) in [5.74, 6) is 1.83. The molecule has 0 saturated carbocycles. The molecule has 2 N–H and O–H groups in total. The van der Waals surface area contributed by atoms with E-state index in [0.717, 1.165) is 42.1 Å². The standard InChI is InChI=1S/C15H25N5/c1-3-5-7-9-13-18-14(16-10-8-6-4-2)12-11-17-20-15(12)19-13/h11H,3-10H2,1-2H3,(H2,16,17,18,19,20). The van der Waals surface area contributed by atoms with Crippen molar-refractivity contribution in [2.75, 3.05) is 11.9 Å². The maximum Gasteiger partial charge on any atom is 0.161 e. The summed E-state index contributed by atoms with van der Waals surface area (Å²) < 4.78 is 0. The molecule has 0 unspecified atom stereocenters. The van der Waals surface area contributed by atoms with Gasteiger partial charge in [-0.05, 0) is 12.8 Å². The highest BCUT2D eigenvalue weighted by atomic mass is 15.2. The number of nitrogens with zero attached hydrogens (tertiary/aromatic N) is 3. The highest BCUT2D eigenvalue weighted by Crippen LogP contribution is 2.19. The van der Waals surface area contributed by atoms with Crippen molar-refractivity contribution in [1.29, 1.82) is 0 Å². The third-order valence-electron chi connectivity index (χ3n) is 3.43. The largest absolute Gasteiger partial charge is 0.369 e. The summed E-state index contributed by atoms with van der Waals surface area (Å²) in [6, 6.07) is 0.